The van der Waals surface area contributed by atoms with Gasteiger partial charge in [0, 0.05) is 144 Å². The number of ether oxygens (including phenoxy) is 3. The van der Waals surface area contributed by atoms with Crippen LogP contribution in [0.1, 0.15) is 187 Å². The van der Waals surface area contributed by atoms with Crippen LogP contribution < -0.4 is 20.9 Å². The Morgan fingerprint density at radius 2 is 1.08 bits per heavy atom. The van der Waals surface area contributed by atoms with Crippen LogP contribution in [-0.4, -0.2) is 202 Å². The average Bonchev–Trinajstić information content (AvgIpc) is 1.63. The second kappa shape index (κ2) is 32.9. The van der Waals surface area contributed by atoms with Crippen molar-refractivity contribution < 1.29 is 42.7 Å². The Morgan fingerprint density at radius 3 is 1.57 bits per heavy atom. The highest BCUT2D eigenvalue weighted by Gasteiger charge is 2.38. The summed E-state index contributed by atoms with van der Waals surface area (Å²) in [6.07, 6.45) is 24.7. The van der Waals surface area contributed by atoms with Crippen molar-refractivity contribution in [3.05, 3.63) is 113 Å². The maximum atomic E-state index is 13.0. The largest absolute Gasteiger partial charge is 0.408 e. The Balaban J connectivity index is 0.000000135. The Bertz CT molecular complexity index is 4610. The Labute approximate surface area is 625 Å². The van der Waals surface area contributed by atoms with Gasteiger partial charge in [0.25, 0.3) is 0 Å². The minimum Gasteiger partial charge on any atom is -0.393 e. The molecular formula is C77H103F3N20O6S. The van der Waals surface area contributed by atoms with Gasteiger partial charge in [-0.05, 0) is 174 Å². The molecular weight excluding hydrogens is 1390 g/mol. The van der Waals surface area contributed by atoms with Crippen LogP contribution in [-0.2, 0) is 33.7 Å². The minimum absolute atomic E-state index is 0.0212. The van der Waals surface area contributed by atoms with E-state index in [-0.39, 0.29) is 47.8 Å². The topological polar surface area (TPSA) is 283 Å². The Kier molecular flexibility index (Phi) is 23.3. The zero-order chi connectivity index (χ0) is 74.7. The predicted molar refractivity (Wildman–Crippen MR) is 406 cm³/mol. The van der Waals surface area contributed by atoms with E-state index >= 15 is 0 Å². The first kappa shape index (κ1) is 75.6. The van der Waals surface area contributed by atoms with Crippen LogP contribution in [0, 0.1) is 6.92 Å². The zero-order valence-corrected chi connectivity index (χ0v) is 63.5. The van der Waals surface area contributed by atoms with Crippen molar-refractivity contribution in [2.45, 2.75) is 229 Å². The van der Waals surface area contributed by atoms with E-state index in [0.29, 0.717) is 55.8 Å². The fourth-order valence-electron chi connectivity index (χ4n) is 16.1. The van der Waals surface area contributed by atoms with Gasteiger partial charge in [-0.15, -0.1) is 26.6 Å². The number of halogens is 3. The van der Waals surface area contributed by atoms with Crippen LogP contribution >= 0.6 is 11.3 Å². The fraction of sp³-hybridized carbons (Fsp3) is 0.584. The van der Waals surface area contributed by atoms with Crippen LogP contribution in [0.3, 0.4) is 0 Å². The van der Waals surface area contributed by atoms with Gasteiger partial charge in [0.1, 0.15) is 11.9 Å². The monoisotopic (exact) mass is 1490 g/mol. The number of rotatable bonds is 21. The molecule has 0 radical (unpaired) electrons. The SMILES string of the molecule is COC[C@H](C)Nc1ncc2c(-c3ccnc(N4CCc5nc(C)sc5C4)c3)cc(C3CCC(O)CC3)n2n1.COC[C@H](C)Nc1ncc2c(-c3cnn(CC(C)(C)N4CCOCC4)c3)cc(C3CCC(O)CC3)n2n1.C[C@H](Nc1ncc2c(-c3cnn(C4CCC4)c3)cc(C3CCC(O)CC3)n2n1)C(F)(F)F. The number of thiazole rings is 1. The van der Waals surface area contributed by atoms with E-state index in [4.69, 9.17) is 39.5 Å². The lowest BCUT2D eigenvalue weighted by Crippen LogP contribution is -2.52. The van der Waals surface area contributed by atoms with Crippen molar-refractivity contribution in [1.82, 2.24) is 78.2 Å². The number of aliphatic hydroxyl groups excluding tert-OH is 3. The lowest BCUT2D eigenvalue weighted by molar-refractivity contribution is -0.138. The minimum atomic E-state index is -4.39. The quantitative estimate of drug-likeness (QED) is 0.0390. The molecule has 574 valence electrons. The number of hydrogen-bond donors (Lipinski definition) is 6. The molecule has 26 nitrogen and oxygen atoms in total. The first-order valence-electron chi connectivity index (χ1n) is 38.2. The summed E-state index contributed by atoms with van der Waals surface area (Å²) in [5.74, 6) is 2.94. The van der Waals surface area contributed by atoms with Crippen LogP contribution in [0.2, 0.25) is 0 Å². The lowest BCUT2D eigenvalue weighted by atomic mass is 9.85. The molecule has 0 unspecified atom stereocenters. The third-order valence-corrected chi connectivity index (χ3v) is 23.3. The molecule has 2 aliphatic heterocycles. The van der Waals surface area contributed by atoms with E-state index in [1.807, 2.05) is 58.0 Å². The van der Waals surface area contributed by atoms with Gasteiger partial charge in [-0.1, -0.05) is 0 Å². The summed E-state index contributed by atoms with van der Waals surface area (Å²) < 4.78 is 65.0. The number of hydrogen-bond acceptors (Lipinski definition) is 22. The molecule has 10 aromatic heterocycles. The summed E-state index contributed by atoms with van der Waals surface area (Å²) in [7, 11) is 3.39. The highest BCUT2D eigenvalue weighted by molar-refractivity contribution is 7.11. The average molecular weight is 1490 g/mol. The zero-order valence-electron chi connectivity index (χ0n) is 62.7. The Hall–Kier alpha value is -8.23. The van der Waals surface area contributed by atoms with E-state index in [1.165, 1.54) is 28.4 Å². The molecule has 3 atom stereocenters. The number of fused-ring (bicyclic) bond motifs is 4. The summed E-state index contributed by atoms with van der Waals surface area (Å²) in [6.45, 7) is 18.9. The summed E-state index contributed by atoms with van der Waals surface area (Å²) in [5.41, 5.74) is 13.4. The number of anilines is 4. The van der Waals surface area contributed by atoms with Crippen molar-refractivity contribution in [2.75, 3.05) is 81.1 Å². The second-order valence-electron chi connectivity index (χ2n) is 30.8. The maximum Gasteiger partial charge on any atom is 0.408 e. The normalized spacial score (nSPS) is 22.0. The number of alkyl halides is 3. The van der Waals surface area contributed by atoms with Gasteiger partial charge in [-0.3, -0.25) is 14.3 Å². The highest BCUT2D eigenvalue weighted by Crippen LogP contribution is 2.43. The van der Waals surface area contributed by atoms with E-state index in [2.05, 4.69) is 120 Å². The van der Waals surface area contributed by atoms with Crippen LogP contribution in [0.25, 0.3) is 49.9 Å². The molecule has 107 heavy (non-hydrogen) atoms. The van der Waals surface area contributed by atoms with Crippen molar-refractivity contribution in [1.29, 1.82) is 0 Å². The molecule has 5 fully saturated rings. The van der Waals surface area contributed by atoms with Gasteiger partial charge in [0.2, 0.25) is 17.8 Å². The number of morpholine rings is 1. The standard InChI is InChI=1S/C28H35N7O2S.C27H41N7O3.C22H27F3N6O/c1-17(16-37-3)31-28-30-14-25-22(13-24(35(25)33-28)19-4-6-21(36)7-5-19)20-8-10-29-27(12-20)34-11-9-23-26(15-34)38-18(2)32-23;1-19(17-36-4)30-26-28-15-25-23(13-24(34(25)31-26)20-5-7-22(35)8-6-20)21-14-29-33(16-21)18-27(2,3)32-9-11-37-12-10-32;1-13(22(23,24)25)28-21-26-11-20-18(15-10-27-30(12-15)16-3-2-4-16)9-19(31(20)29-21)14-5-7-17(32)8-6-14/h8,10,12-14,17,19,21,36H,4-7,9,11,15-16H2,1-3H3,(H,31,33);13-16,19-20,22,35H,5-12,17-18H2,1-4H3,(H,30,31);9-14,16-17,32H,2-8H2,1H3,(H,28,29)/t17-,19?,21?;19-,20?,22?;13-,14?,17?/m000/s1. The first-order valence-corrected chi connectivity index (χ1v) is 39.0. The number of aromatic nitrogens is 15. The number of nitrogens with zero attached hydrogens (tertiary/aromatic N) is 17. The molecule has 16 rings (SSSR count). The number of aliphatic hydroxyl groups is 3. The molecule has 0 bridgehead atoms. The number of methoxy groups -OCH3 is 2. The van der Waals surface area contributed by atoms with Gasteiger partial charge in [-0.2, -0.15) is 23.4 Å². The predicted octanol–water partition coefficient (Wildman–Crippen LogP) is 12.5. The summed E-state index contributed by atoms with van der Waals surface area (Å²) >= 11 is 1.79. The third-order valence-electron chi connectivity index (χ3n) is 22.3. The van der Waals surface area contributed by atoms with Crippen LogP contribution in [0.5, 0.6) is 0 Å². The molecule has 1 saturated heterocycles. The summed E-state index contributed by atoms with van der Waals surface area (Å²) in [4.78, 5) is 29.1. The summed E-state index contributed by atoms with van der Waals surface area (Å²) in [5, 5.41) is 63.8. The molecule has 12 heterocycles. The molecule has 30 heteroatoms. The first-order chi connectivity index (χ1) is 51.6. The van der Waals surface area contributed by atoms with E-state index in [9.17, 15) is 28.5 Å². The van der Waals surface area contributed by atoms with Crippen molar-refractivity contribution >= 4 is 51.5 Å². The number of pyridine rings is 1. The molecule has 6 aliphatic rings. The lowest BCUT2D eigenvalue weighted by Gasteiger charge is -2.40. The maximum absolute atomic E-state index is 13.0. The second-order valence-corrected chi connectivity index (χ2v) is 32.1. The number of aryl methyl sites for hydroxylation is 1. The van der Waals surface area contributed by atoms with E-state index in [1.54, 1.807) is 36.3 Å². The van der Waals surface area contributed by atoms with Crippen LogP contribution in [0.4, 0.5) is 36.8 Å². The molecule has 4 saturated carbocycles. The van der Waals surface area contributed by atoms with E-state index < -0.39 is 12.2 Å². The fourth-order valence-corrected chi connectivity index (χ4v) is 17.1. The van der Waals surface area contributed by atoms with Crippen LogP contribution in [0.15, 0.2) is 79.9 Å². The van der Waals surface area contributed by atoms with Crippen molar-refractivity contribution in [3.8, 4) is 33.4 Å². The molecule has 0 spiro atoms. The van der Waals surface area contributed by atoms with Crippen molar-refractivity contribution in [2.24, 2.45) is 0 Å². The molecule has 4 aliphatic carbocycles. The smallest absolute Gasteiger partial charge is 0.393 e. The van der Waals surface area contributed by atoms with Gasteiger partial charge in [-0.25, -0.2) is 38.5 Å². The summed E-state index contributed by atoms with van der Waals surface area (Å²) in [6, 6.07) is 9.72. The molecule has 6 N–H and O–H groups in total. The molecule has 0 amide bonds. The Morgan fingerprint density at radius 1 is 0.598 bits per heavy atom. The van der Waals surface area contributed by atoms with Gasteiger partial charge < -0.3 is 50.4 Å². The molecule has 10 aromatic rings. The van der Waals surface area contributed by atoms with Crippen molar-refractivity contribution in [3.63, 3.8) is 0 Å². The van der Waals surface area contributed by atoms with Gasteiger partial charge >= 0.3 is 6.18 Å². The highest BCUT2D eigenvalue weighted by atomic mass is 32.1. The molecule has 0 aromatic carbocycles. The van der Waals surface area contributed by atoms with Gasteiger partial charge in [0.05, 0.1) is 122 Å². The third kappa shape index (κ3) is 17.4. The van der Waals surface area contributed by atoms with Gasteiger partial charge in [0.15, 0.2) is 0 Å². The number of nitrogens with one attached hydrogen (secondary N) is 3. The van der Waals surface area contributed by atoms with E-state index in [0.717, 1.165) is 203 Å².